The summed E-state index contributed by atoms with van der Waals surface area (Å²) in [5.74, 6) is 0. The Kier molecular flexibility index (Phi) is 2.79. The quantitative estimate of drug-likeness (QED) is 0.834. The van der Waals surface area contributed by atoms with Crippen LogP contribution in [0.2, 0.25) is 0 Å². The van der Waals surface area contributed by atoms with Gasteiger partial charge in [0.2, 0.25) is 0 Å². The lowest BCUT2D eigenvalue weighted by molar-refractivity contribution is 0.927. The number of anilines is 1. The lowest BCUT2D eigenvalue weighted by Crippen LogP contribution is -1.92. The Balaban J connectivity index is 1.95. The summed E-state index contributed by atoms with van der Waals surface area (Å²) in [4.78, 5) is 4.22. The Hall–Kier alpha value is -1.35. The van der Waals surface area contributed by atoms with Crippen LogP contribution in [0.1, 0.15) is 11.3 Å². The topological polar surface area (TPSA) is 38.9 Å². The van der Waals surface area contributed by atoms with Crippen molar-refractivity contribution in [3.05, 3.63) is 47.0 Å². The highest BCUT2D eigenvalue weighted by Gasteiger charge is 1.99. The van der Waals surface area contributed by atoms with Crippen LogP contribution in [-0.4, -0.2) is 4.98 Å². The zero-order chi connectivity index (χ0) is 9.80. The van der Waals surface area contributed by atoms with Crippen molar-refractivity contribution in [2.24, 2.45) is 0 Å². The minimum atomic E-state index is 0.660. The second kappa shape index (κ2) is 4.24. The van der Waals surface area contributed by atoms with Crippen LogP contribution in [0.3, 0.4) is 0 Å². The van der Waals surface area contributed by atoms with E-state index in [1.807, 2.05) is 11.4 Å². The lowest BCUT2D eigenvalue weighted by atomic mass is 10.1. The van der Waals surface area contributed by atoms with E-state index in [2.05, 4.69) is 29.2 Å². The number of thiazole rings is 1. The molecule has 0 radical (unpaired) electrons. The van der Waals surface area contributed by atoms with Crippen LogP contribution in [0.15, 0.2) is 35.7 Å². The maximum atomic E-state index is 5.55. The summed E-state index contributed by atoms with van der Waals surface area (Å²) in [5.41, 5.74) is 8.00. The fourth-order valence-corrected chi connectivity index (χ4v) is 1.95. The predicted octanol–water partition coefficient (Wildman–Crippen LogP) is 2.51. The monoisotopic (exact) mass is 204 g/mol. The molecule has 14 heavy (non-hydrogen) atoms. The van der Waals surface area contributed by atoms with E-state index < -0.39 is 0 Å². The van der Waals surface area contributed by atoms with E-state index in [-0.39, 0.29) is 0 Å². The summed E-state index contributed by atoms with van der Waals surface area (Å²) < 4.78 is 0. The van der Waals surface area contributed by atoms with Gasteiger partial charge in [-0.25, -0.2) is 4.98 Å². The third kappa shape index (κ3) is 2.33. The van der Waals surface area contributed by atoms with Gasteiger partial charge in [-0.1, -0.05) is 30.3 Å². The Bertz CT molecular complexity index is 395. The summed E-state index contributed by atoms with van der Waals surface area (Å²) in [6.07, 6.45) is 2.00. The molecular formula is C11H12N2S. The molecule has 0 aliphatic carbocycles. The highest BCUT2D eigenvalue weighted by Crippen LogP contribution is 2.13. The molecule has 0 bridgehead atoms. The van der Waals surface area contributed by atoms with Crippen molar-refractivity contribution < 1.29 is 0 Å². The summed E-state index contributed by atoms with van der Waals surface area (Å²) in [6, 6.07) is 10.4. The molecule has 0 unspecified atom stereocenters. The molecular weight excluding hydrogens is 192 g/mol. The van der Waals surface area contributed by atoms with E-state index in [4.69, 9.17) is 5.73 Å². The summed E-state index contributed by atoms with van der Waals surface area (Å²) >= 11 is 1.51. The molecule has 1 heterocycles. The maximum Gasteiger partial charge on any atom is 0.180 e. The first-order valence-electron chi connectivity index (χ1n) is 4.58. The molecule has 72 valence electrons. The number of rotatable bonds is 3. The molecule has 2 nitrogen and oxygen atoms in total. The van der Waals surface area contributed by atoms with Gasteiger partial charge in [-0.15, -0.1) is 11.3 Å². The molecule has 0 atom stereocenters. The normalized spacial score (nSPS) is 10.3. The fraction of sp³-hybridized carbons (Fsp3) is 0.182. The minimum Gasteiger partial charge on any atom is -0.375 e. The Morgan fingerprint density at radius 1 is 1.14 bits per heavy atom. The van der Waals surface area contributed by atoms with Crippen molar-refractivity contribution in [1.29, 1.82) is 0 Å². The molecule has 1 aromatic carbocycles. The fourth-order valence-electron chi connectivity index (χ4n) is 1.35. The van der Waals surface area contributed by atoms with Crippen LogP contribution in [0.5, 0.6) is 0 Å². The molecule has 3 heteroatoms. The van der Waals surface area contributed by atoms with Crippen LogP contribution in [0.25, 0.3) is 0 Å². The number of hydrogen-bond donors (Lipinski definition) is 1. The average molecular weight is 204 g/mol. The number of nitrogens with two attached hydrogens (primary N) is 1. The maximum absolute atomic E-state index is 5.55. The zero-order valence-corrected chi connectivity index (χ0v) is 8.63. The van der Waals surface area contributed by atoms with Crippen molar-refractivity contribution >= 4 is 16.5 Å². The van der Waals surface area contributed by atoms with Crippen molar-refractivity contribution in [2.75, 3.05) is 5.73 Å². The number of aromatic nitrogens is 1. The molecule has 0 saturated heterocycles. The van der Waals surface area contributed by atoms with Crippen LogP contribution < -0.4 is 5.73 Å². The smallest absolute Gasteiger partial charge is 0.180 e. The number of nitrogens with zero attached hydrogens (tertiary/aromatic N) is 1. The van der Waals surface area contributed by atoms with Crippen molar-refractivity contribution in [1.82, 2.24) is 4.98 Å². The van der Waals surface area contributed by atoms with Gasteiger partial charge in [0.15, 0.2) is 5.13 Å². The standard InChI is InChI=1S/C11H12N2S/c12-11-13-10(8-14-11)7-6-9-4-2-1-3-5-9/h1-5,8H,6-7H2,(H2,12,13). The number of hydrogen-bond acceptors (Lipinski definition) is 3. The molecule has 0 aliphatic heterocycles. The van der Waals surface area contributed by atoms with Crippen LogP contribution in [0, 0.1) is 0 Å². The van der Waals surface area contributed by atoms with Gasteiger partial charge in [-0.05, 0) is 18.4 Å². The van der Waals surface area contributed by atoms with Gasteiger partial charge in [-0.2, -0.15) is 0 Å². The zero-order valence-electron chi connectivity index (χ0n) is 7.81. The molecule has 2 N–H and O–H groups in total. The number of benzene rings is 1. The molecule has 0 saturated carbocycles. The van der Waals surface area contributed by atoms with Gasteiger partial charge in [0, 0.05) is 5.38 Å². The Morgan fingerprint density at radius 3 is 2.57 bits per heavy atom. The highest BCUT2D eigenvalue weighted by molar-refractivity contribution is 7.13. The first-order chi connectivity index (χ1) is 6.84. The van der Waals surface area contributed by atoms with Gasteiger partial charge in [0.05, 0.1) is 5.69 Å². The number of aryl methyl sites for hydroxylation is 2. The van der Waals surface area contributed by atoms with Gasteiger partial charge < -0.3 is 5.73 Å². The third-order valence-corrected chi connectivity index (χ3v) is 2.80. The highest BCUT2D eigenvalue weighted by atomic mass is 32.1. The van der Waals surface area contributed by atoms with E-state index in [1.54, 1.807) is 0 Å². The molecule has 2 rings (SSSR count). The Labute approximate surface area is 87.4 Å². The van der Waals surface area contributed by atoms with E-state index in [9.17, 15) is 0 Å². The van der Waals surface area contributed by atoms with E-state index in [0.29, 0.717) is 5.13 Å². The molecule has 0 spiro atoms. The lowest BCUT2D eigenvalue weighted by Gasteiger charge is -1.97. The van der Waals surface area contributed by atoms with Gasteiger partial charge in [-0.3, -0.25) is 0 Å². The van der Waals surface area contributed by atoms with Crippen molar-refractivity contribution in [2.45, 2.75) is 12.8 Å². The van der Waals surface area contributed by atoms with E-state index in [1.165, 1.54) is 16.9 Å². The number of nitrogen functional groups attached to an aromatic ring is 1. The Morgan fingerprint density at radius 2 is 1.93 bits per heavy atom. The first kappa shape index (κ1) is 9.21. The van der Waals surface area contributed by atoms with Crippen molar-refractivity contribution in [3.8, 4) is 0 Å². The largest absolute Gasteiger partial charge is 0.375 e. The van der Waals surface area contributed by atoms with Crippen LogP contribution >= 0.6 is 11.3 Å². The van der Waals surface area contributed by atoms with Crippen molar-refractivity contribution in [3.63, 3.8) is 0 Å². The van der Waals surface area contributed by atoms with Crippen LogP contribution in [-0.2, 0) is 12.8 Å². The minimum absolute atomic E-state index is 0.660. The molecule has 0 amide bonds. The molecule has 0 aliphatic rings. The second-order valence-electron chi connectivity index (χ2n) is 3.16. The first-order valence-corrected chi connectivity index (χ1v) is 5.46. The SMILES string of the molecule is Nc1nc(CCc2ccccc2)cs1. The molecule has 2 aromatic rings. The molecule has 0 fully saturated rings. The third-order valence-electron chi connectivity index (χ3n) is 2.08. The van der Waals surface area contributed by atoms with Gasteiger partial charge in [0.25, 0.3) is 0 Å². The van der Waals surface area contributed by atoms with E-state index in [0.717, 1.165) is 18.5 Å². The molecule has 1 aromatic heterocycles. The summed E-state index contributed by atoms with van der Waals surface area (Å²) in [5, 5.41) is 2.69. The summed E-state index contributed by atoms with van der Waals surface area (Å²) in [6.45, 7) is 0. The summed E-state index contributed by atoms with van der Waals surface area (Å²) in [7, 11) is 0. The van der Waals surface area contributed by atoms with Gasteiger partial charge in [0.1, 0.15) is 0 Å². The predicted molar refractivity (Wildman–Crippen MR) is 60.4 cm³/mol. The second-order valence-corrected chi connectivity index (χ2v) is 4.05. The average Bonchev–Trinajstić information content (AvgIpc) is 2.63. The van der Waals surface area contributed by atoms with Gasteiger partial charge >= 0.3 is 0 Å². The van der Waals surface area contributed by atoms with E-state index >= 15 is 0 Å². The van der Waals surface area contributed by atoms with Crippen LogP contribution in [0.4, 0.5) is 5.13 Å².